The van der Waals surface area contributed by atoms with E-state index in [1.807, 2.05) is 75.4 Å². The van der Waals surface area contributed by atoms with Gasteiger partial charge >= 0.3 is 5.97 Å². The maximum atomic E-state index is 12.4. The summed E-state index contributed by atoms with van der Waals surface area (Å²) >= 11 is 0. The summed E-state index contributed by atoms with van der Waals surface area (Å²) < 4.78 is 17.5. The number of ether oxygens (including phenoxy) is 2. The number of hydrogen-bond acceptors (Lipinski definition) is 7. The van der Waals surface area contributed by atoms with E-state index >= 15 is 0 Å². The molecule has 3 aromatic carbocycles. The molecule has 1 atom stereocenters. The van der Waals surface area contributed by atoms with Crippen LogP contribution in [-0.2, 0) is 17.6 Å². The third-order valence-corrected chi connectivity index (χ3v) is 6.44. The van der Waals surface area contributed by atoms with E-state index in [0.717, 1.165) is 28.3 Å². The van der Waals surface area contributed by atoms with Gasteiger partial charge in [-0.2, -0.15) is 0 Å². The summed E-state index contributed by atoms with van der Waals surface area (Å²) in [6.45, 7) is 7.95. The van der Waals surface area contributed by atoms with Crippen LogP contribution in [0.4, 0.5) is 0 Å². The number of rotatable bonds is 14. The first kappa shape index (κ1) is 30.1. The highest BCUT2D eigenvalue weighted by molar-refractivity contribution is 6.04. The number of nitrogens with zero attached hydrogens (tertiary/aromatic N) is 1. The van der Waals surface area contributed by atoms with E-state index in [1.165, 1.54) is 6.08 Å². The average Bonchev–Trinajstić information content (AvgIpc) is 3.34. The average molecular weight is 569 g/mol. The predicted molar refractivity (Wildman–Crippen MR) is 161 cm³/mol. The molecule has 4 aromatic rings. The van der Waals surface area contributed by atoms with Crippen molar-refractivity contribution >= 4 is 11.8 Å². The highest BCUT2D eigenvalue weighted by Gasteiger charge is 2.18. The lowest BCUT2D eigenvalue weighted by molar-refractivity contribution is -0.139. The van der Waals surface area contributed by atoms with E-state index in [0.29, 0.717) is 35.9 Å². The maximum Gasteiger partial charge on any atom is 0.326 e. The minimum Gasteiger partial charge on any atom is -0.493 e. The van der Waals surface area contributed by atoms with Crippen molar-refractivity contribution < 1.29 is 28.6 Å². The Kier molecular flexibility index (Phi) is 10.2. The molecule has 2 N–H and O–H groups in total. The zero-order valence-corrected chi connectivity index (χ0v) is 24.3. The molecule has 0 amide bonds. The highest BCUT2D eigenvalue weighted by Crippen LogP contribution is 2.25. The number of benzene rings is 3. The number of aliphatic carboxylic acids is 1. The molecule has 0 spiro atoms. The second kappa shape index (κ2) is 14.2. The predicted octanol–water partition coefficient (Wildman–Crippen LogP) is 6.43. The first-order chi connectivity index (χ1) is 20.2. The summed E-state index contributed by atoms with van der Waals surface area (Å²) in [4.78, 5) is 29.0. The third-order valence-electron chi connectivity index (χ3n) is 6.44. The standard InChI is InChI=1S/C34H36N2O6/c1-22(2)41-29-16-12-27(13-17-29)33-36-30(24(4)42-33)18-19-40-28-14-10-25(11-15-28)21-31(34(38)39)35-23(3)20-32(37)26-8-6-5-7-9-26/h5-17,20,22,31,35H,18-19,21H2,1-4H3,(H,38,39)/t31-/m0/s1. The summed E-state index contributed by atoms with van der Waals surface area (Å²) in [6.07, 6.45) is 2.34. The fourth-order valence-electron chi connectivity index (χ4n) is 4.35. The summed E-state index contributed by atoms with van der Waals surface area (Å²) in [6, 6.07) is 22.9. The van der Waals surface area contributed by atoms with Crippen LogP contribution >= 0.6 is 0 Å². The van der Waals surface area contributed by atoms with Crippen LogP contribution in [0.5, 0.6) is 11.5 Å². The molecule has 42 heavy (non-hydrogen) atoms. The summed E-state index contributed by atoms with van der Waals surface area (Å²) in [5, 5.41) is 12.7. The van der Waals surface area contributed by atoms with Gasteiger partial charge in [0.15, 0.2) is 5.78 Å². The van der Waals surface area contributed by atoms with Crippen molar-refractivity contribution in [3.8, 4) is 23.0 Å². The molecule has 0 saturated heterocycles. The molecule has 8 heteroatoms. The van der Waals surface area contributed by atoms with Gasteiger partial charge in [0, 0.05) is 35.7 Å². The van der Waals surface area contributed by atoms with Crippen LogP contribution in [-0.4, -0.2) is 40.6 Å². The molecular formula is C34H36N2O6. The molecule has 0 bridgehead atoms. The fraction of sp³-hybridized carbons (Fsp3) is 0.265. The van der Waals surface area contributed by atoms with Gasteiger partial charge in [0.05, 0.1) is 18.4 Å². The smallest absolute Gasteiger partial charge is 0.326 e. The molecule has 4 rings (SSSR count). The Hall–Kier alpha value is -4.85. The number of carboxylic acid groups (broad SMARTS) is 1. The van der Waals surface area contributed by atoms with E-state index in [2.05, 4.69) is 10.3 Å². The molecular weight excluding hydrogens is 532 g/mol. The highest BCUT2D eigenvalue weighted by atomic mass is 16.5. The van der Waals surface area contributed by atoms with E-state index in [-0.39, 0.29) is 18.3 Å². The van der Waals surface area contributed by atoms with Crippen molar-refractivity contribution in [3.63, 3.8) is 0 Å². The van der Waals surface area contributed by atoms with Crippen molar-refractivity contribution in [1.29, 1.82) is 0 Å². The second-order valence-corrected chi connectivity index (χ2v) is 10.3. The zero-order chi connectivity index (χ0) is 30.1. The number of aromatic nitrogens is 1. The van der Waals surface area contributed by atoms with Crippen molar-refractivity contribution in [2.24, 2.45) is 0 Å². The number of carbonyl (C=O) groups is 2. The van der Waals surface area contributed by atoms with Gasteiger partial charge in [0.25, 0.3) is 0 Å². The number of oxazole rings is 1. The number of allylic oxidation sites excluding steroid dienone is 2. The topological polar surface area (TPSA) is 111 Å². The van der Waals surface area contributed by atoms with Crippen LogP contribution in [0.15, 0.2) is 95.1 Å². The number of aryl methyl sites for hydroxylation is 1. The Morgan fingerprint density at radius 3 is 2.29 bits per heavy atom. The number of ketones is 1. The van der Waals surface area contributed by atoms with Crippen LogP contribution in [0.25, 0.3) is 11.5 Å². The lowest BCUT2D eigenvalue weighted by Crippen LogP contribution is -2.37. The Morgan fingerprint density at radius 1 is 0.976 bits per heavy atom. The molecule has 1 aromatic heterocycles. The largest absolute Gasteiger partial charge is 0.493 e. The van der Waals surface area contributed by atoms with Crippen LogP contribution in [0.3, 0.4) is 0 Å². The Bertz CT molecular complexity index is 1510. The van der Waals surface area contributed by atoms with Gasteiger partial charge in [-0.25, -0.2) is 9.78 Å². The van der Waals surface area contributed by atoms with Crippen molar-refractivity contribution in [2.75, 3.05) is 6.61 Å². The monoisotopic (exact) mass is 568 g/mol. The van der Waals surface area contributed by atoms with Crippen molar-refractivity contribution in [2.45, 2.75) is 52.7 Å². The second-order valence-electron chi connectivity index (χ2n) is 10.3. The summed E-state index contributed by atoms with van der Waals surface area (Å²) in [5.41, 5.74) is 3.56. The first-order valence-corrected chi connectivity index (χ1v) is 13.9. The van der Waals surface area contributed by atoms with Gasteiger partial charge in [-0.3, -0.25) is 4.79 Å². The lowest BCUT2D eigenvalue weighted by Gasteiger charge is -2.16. The molecule has 1 heterocycles. The molecule has 0 fully saturated rings. The molecule has 0 unspecified atom stereocenters. The van der Waals surface area contributed by atoms with E-state index in [9.17, 15) is 14.7 Å². The molecule has 0 aliphatic rings. The zero-order valence-electron chi connectivity index (χ0n) is 24.3. The molecule has 0 saturated carbocycles. The Morgan fingerprint density at radius 2 is 1.64 bits per heavy atom. The van der Waals surface area contributed by atoms with E-state index in [4.69, 9.17) is 13.9 Å². The SMILES string of the molecule is CC(=CC(=O)c1ccccc1)N[C@@H](Cc1ccc(OCCc2nc(-c3ccc(OC(C)C)cc3)oc2C)cc1)C(=O)O. The van der Waals surface area contributed by atoms with Crippen LogP contribution in [0.2, 0.25) is 0 Å². The number of carbonyl (C=O) groups excluding carboxylic acids is 1. The summed E-state index contributed by atoms with van der Waals surface area (Å²) in [7, 11) is 0. The van der Waals surface area contributed by atoms with Gasteiger partial charge in [-0.15, -0.1) is 0 Å². The first-order valence-electron chi connectivity index (χ1n) is 13.9. The number of carboxylic acids is 1. The van der Waals surface area contributed by atoms with Crippen LogP contribution in [0.1, 0.15) is 48.1 Å². The molecule has 0 radical (unpaired) electrons. The van der Waals surface area contributed by atoms with Gasteiger partial charge < -0.3 is 24.3 Å². The van der Waals surface area contributed by atoms with Gasteiger partial charge in [-0.05, 0) is 69.7 Å². The Labute approximate surface area is 246 Å². The van der Waals surface area contributed by atoms with Gasteiger partial charge in [-0.1, -0.05) is 42.5 Å². The van der Waals surface area contributed by atoms with Crippen molar-refractivity contribution in [1.82, 2.24) is 10.3 Å². The minimum atomic E-state index is -1.00. The maximum absolute atomic E-state index is 12.4. The minimum absolute atomic E-state index is 0.108. The molecule has 218 valence electrons. The molecule has 0 aliphatic carbocycles. The van der Waals surface area contributed by atoms with Crippen LogP contribution < -0.4 is 14.8 Å². The third kappa shape index (κ3) is 8.57. The number of nitrogens with one attached hydrogen (secondary N) is 1. The van der Waals surface area contributed by atoms with Crippen molar-refractivity contribution in [3.05, 3.63) is 113 Å². The normalized spacial score (nSPS) is 12.2. The fourth-order valence-corrected chi connectivity index (χ4v) is 4.35. The van der Waals surface area contributed by atoms with Gasteiger partial charge in [0.1, 0.15) is 23.3 Å². The van der Waals surface area contributed by atoms with E-state index in [1.54, 1.807) is 31.2 Å². The van der Waals surface area contributed by atoms with E-state index < -0.39 is 12.0 Å². The quantitative estimate of drug-likeness (QED) is 0.132. The lowest BCUT2D eigenvalue weighted by atomic mass is 10.1. The van der Waals surface area contributed by atoms with Gasteiger partial charge in [0.2, 0.25) is 5.89 Å². The number of hydrogen-bond donors (Lipinski definition) is 2. The van der Waals surface area contributed by atoms with Crippen LogP contribution in [0, 0.1) is 6.92 Å². The summed E-state index contributed by atoms with van der Waals surface area (Å²) in [5.74, 6) is 1.58. The Balaban J connectivity index is 1.29. The molecule has 8 nitrogen and oxygen atoms in total. The molecule has 0 aliphatic heterocycles.